The van der Waals surface area contributed by atoms with Crippen LogP contribution in [0, 0.1) is 6.92 Å². The lowest BCUT2D eigenvalue weighted by Gasteiger charge is -2.18. The summed E-state index contributed by atoms with van der Waals surface area (Å²) in [5.41, 5.74) is 2.77. The minimum Gasteiger partial charge on any atom is -0.386 e. The number of benzene rings is 1. The number of rotatable bonds is 1. The molecule has 0 unspecified atom stereocenters. The van der Waals surface area contributed by atoms with E-state index in [9.17, 15) is 9.59 Å². The van der Waals surface area contributed by atoms with Crippen molar-refractivity contribution in [3.05, 3.63) is 47.3 Å². The van der Waals surface area contributed by atoms with Crippen molar-refractivity contribution < 1.29 is 14.3 Å². The van der Waals surface area contributed by atoms with Crippen LogP contribution in [0.2, 0.25) is 0 Å². The molecule has 5 heteroatoms. The summed E-state index contributed by atoms with van der Waals surface area (Å²) in [4.78, 5) is 30.1. The smallest absolute Gasteiger partial charge is 0.349 e. The lowest BCUT2D eigenvalue weighted by molar-refractivity contribution is -0.131. The number of carbonyl (C=O) groups excluding carboxylic acids is 2. The minimum absolute atomic E-state index is 0.291. The van der Waals surface area contributed by atoms with E-state index in [-0.39, 0.29) is 0 Å². The summed E-state index contributed by atoms with van der Waals surface area (Å²) in [6, 6.07) is 7.46. The highest BCUT2D eigenvalue weighted by molar-refractivity contribution is 6.25. The first-order valence-corrected chi connectivity index (χ1v) is 6.53. The highest BCUT2D eigenvalue weighted by Gasteiger charge is 2.31. The SMILES string of the molecule is Cc1cccc2cc3c(nc12)/C(=C/N(C)C)C(=O)OC3=O. The molecule has 0 aliphatic carbocycles. The van der Waals surface area contributed by atoms with Crippen molar-refractivity contribution in [2.24, 2.45) is 0 Å². The summed E-state index contributed by atoms with van der Waals surface area (Å²) in [7, 11) is 3.59. The molecule has 1 aliphatic rings. The Hall–Kier alpha value is -2.69. The van der Waals surface area contributed by atoms with E-state index < -0.39 is 11.9 Å². The van der Waals surface area contributed by atoms with Crippen molar-refractivity contribution in [2.45, 2.75) is 6.92 Å². The first kappa shape index (κ1) is 13.3. The van der Waals surface area contributed by atoms with Gasteiger partial charge in [0.15, 0.2) is 0 Å². The number of carbonyl (C=O) groups is 2. The predicted molar refractivity (Wildman–Crippen MR) is 78.6 cm³/mol. The van der Waals surface area contributed by atoms with Gasteiger partial charge in [-0.1, -0.05) is 18.2 Å². The van der Waals surface area contributed by atoms with Crippen LogP contribution in [0.15, 0.2) is 30.5 Å². The average molecular weight is 282 g/mol. The lowest BCUT2D eigenvalue weighted by atomic mass is 10.0. The molecule has 1 aromatic heterocycles. The molecule has 3 rings (SSSR count). The van der Waals surface area contributed by atoms with Crippen LogP contribution in [-0.4, -0.2) is 35.9 Å². The second-order valence-electron chi connectivity index (χ2n) is 5.21. The molecule has 0 saturated heterocycles. The number of cyclic esters (lactones) is 2. The Balaban J connectivity index is 2.35. The van der Waals surface area contributed by atoms with E-state index in [1.165, 1.54) is 0 Å². The monoisotopic (exact) mass is 282 g/mol. The maximum Gasteiger partial charge on any atom is 0.349 e. The van der Waals surface area contributed by atoms with Gasteiger partial charge in [0, 0.05) is 25.7 Å². The predicted octanol–water partition coefficient (Wildman–Crippen LogP) is 2.14. The van der Waals surface area contributed by atoms with Crippen LogP contribution in [0.25, 0.3) is 16.5 Å². The second kappa shape index (κ2) is 4.70. The van der Waals surface area contributed by atoms with Gasteiger partial charge in [0.25, 0.3) is 0 Å². The van der Waals surface area contributed by atoms with Gasteiger partial charge >= 0.3 is 11.9 Å². The van der Waals surface area contributed by atoms with Crippen LogP contribution in [0.1, 0.15) is 21.6 Å². The Morgan fingerprint density at radius 1 is 1.19 bits per heavy atom. The number of para-hydroxylation sites is 1. The van der Waals surface area contributed by atoms with Crippen molar-refractivity contribution in [2.75, 3.05) is 14.1 Å². The Morgan fingerprint density at radius 2 is 1.95 bits per heavy atom. The Labute approximate surface area is 121 Å². The number of pyridine rings is 1. The molecule has 5 nitrogen and oxygen atoms in total. The Bertz CT molecular complexity index is 807. The number of aryl methyl sites for hydroxylation is 1. The van der Waals surface area contributed by atoms with Gasteiger partial charge in [-0.15, -0.1) is 0 Å². The zero-order chi connectivity index (χ0) is 15.1. The van der Waals surface area contributed by atoms with Crippen LogP contribution in [0.3, 0.4) is 0 Å². The van der Waals surface area contributed by atoms with E-state index in [1.54, 1.807) is 31.3 Å². The molecule has 106 valence electrons. The first-order chi connectivity index (χ1) is 9.97. The standard InChI is InChI=1S/C16H14N2O3/c1-9-5-4-6-10-7-11-14(17-13(9)10)12(8-18(2)3)16(20)21-15(11)19/h4-8H,1-3H3/b12-8-. The van der Waals surface area contributed by atoms with E-state index in [2.05, 4.69) is 4.98 Å². The van der Waals surface area contributed by atoms with E-state index in [1.807, 2.05) is 25.1 Å². The van der Waals surface area contributed by atoms with Crippen LogP contribution >= 0.6 is 0 Å². The second-order valence-corrected chi connectivity index (χ2v) is 5.21. The first-order valence-electron chi connectivity index (χ1n) is 6.53. The summed E-state index contributed by atoms with van der Waals surface area (Å²) < 4.78 is 4.79. The van der Waals surface area contributed by atoms with Gasteiger partial charge in [-0.25, -0.2) is 14.6 Å². The summed E-state index contributed by atoms with van der Waals surface area (Å²) >= 11 is 0. The molecule has 21 heavy (non-hydrogen) atoms. The molecule has 2 aromatic rings. The Morgan fingerprint density at radius 3 is 2.67 bits per heavy atom. The zero-order valence-corrected chi connectivity index (χ0v) is 12.0. The number of hydrogen-bond acceptors (Lipinski definition) is 5. The molecule has 1 aliphatic heterocycles. The maximum atomic E-state index is 11.9. The van der Waals surface area contributed by atoms with Crippen LogP contribution in [0.4, 0.5) is 0 Å². The fourth-order valence-corrected chi connectivity index (χ4v) is 2.37. The number of esters is 2. The van der Waals surface area contributed by atoms with E-state index in [4.69, 9.17) is 4.74 Å². The third kappa shape index (κ3) is 2.16. The minimum atomic E-state index is -0.665. The summed E-state index contributed by atoms with van der Waals surface area (Å²) in [5, 5.41) is 0.851. The van der Waals surface area contributed by atoms with Crippen molar-refractivity contribution in [3.8, 4) is 0 Å². The summed E-state index contributed by atoms with van der Waals surface area (Å²) in [5.74, 6) is -1.32. The molecule has 0 radical (unpaired) electrons. The van der Waals surface area contributed by atoms with Gasteiger partial charge in [-0.3, -0.25) is 0 Å². The van der Waals surface area contributed by atoms with Gasteiger partial charge in [-0.2, -0.15) is 0 Å². The van der Waals surface area contributed by atoms with Gasteiger partial charge in [0.05, 0.1) is 16.8 Å². The molecular formula is C16H14N2O3. The largest absolute Gasteiger partial charge is 0.386 e. The normalized spacial score (nSPS) is 16.0. The molecule has 1 aromatic carbocycles. The third-order valence-electron chi connectivity index (χ3n) is 3.32. The van der Waals surface area contributed by atoms with E-state index >= 15 is 0 Å². The molecule has 0 bridgehead atoms. The van der Waals surface area contributed by atoms with Crippen LogP contribution < -0.4 is 0 Å². The van der Waals surface area contributed by atoms with Gasteiger partial charge in [0.1, 0.15) is 5.57 Å². The number of fused-ring (bicyclic) bond motifs is 2. The molecule has 0 fully saturated rings. The van der Waals surface area contributed by atoms with E-state index in [0.29, 0.717) is 16.8 Å². The fourth-order valence-electron chi connectivity index (χ4n) is 2.37. The number of nitrogens with zero attached hydrogens (tertiary/aromatic N) is 2. The quantitative estimate of drug-likeness (QED) is 0.455. The highest BCUT2D eigenvalue weighted by atomic mass is 16.6. The molecule has 2 heterocycles. The topological polar surface area (TPSA) is 59.5 Å². The molecule has 0 saturated carbocycles. The number of aromatic nitrogens is 1. The van der Waals surface area contributed by atoms with Crippen molar-refractivity contribution in [1.29, 1.82) is 0 Å². The van der Waals surface area contributed by atoms with Crippen molar-refractivity contribution >= 4 is 28.4 Å². The lowest BCUT2D eigenvalue weighted by Crippen LogP contribution is -2.24. The summed E-state index contributed by atoms with van der Waals surface area (Å²) in [6.45, 7) is 1.94. The van der Waals surface area contributed by atoms with Gasteiger partial charge in [0.2, 0.25) is 0 Å². The average Bonchev–Trinajstić information content (AvgIpc) is 2.42. The molecule has 0 N–H and O–H groups in total. The third-order valence-corrected chi connectivity index (χ3v) is 3.32. The van der Waals surface area contributed by atoms with Crippen molar-refractivity contribution in [3.63, 3.8) is 0 Å². The summed E-state index contributed by atoms with van der Waals surface area (Å²) in [6.07, 6.45) is 1.62. The Kier molecular flexibility index (Phi) is 2.97. The zero-order valence-electron chi connectivity index (χ0n) is 12.0. The molecular weight excluding hydrogens is 268 g/mol. The highest BCUT2D eigenvalue weighted by Crippen LogP contribution is 2.29. The van der Waals surface area contributed by atoms with Crippen molar-refractivity contribution in [1.82, 2.24) is 9.88 Å². The van der Waals surface area contributed by atoms with Crippen LogP contribution in [-0.2, 0) is 9.53 Å². The molecule has 0 amide bonds. The van der Waals surface area contributed by atoms with Gasteiger partial charge < -0.3 is 9.64 Å². The van der Waals surface area contributed by atoms with E-state index in [0.717, 1.165) is 16.5 Å². The number of hydrogen-bond donors (Lipinski definition) is 0. The maximum absolute atomic E-state index is 11.9. The molecule has 0 spiro atoms. The molecule has 0 atom stereocenters. The number of ether oxygens (including phenoxy) is 1. The van der Waals surface area contributed by atoms with Gasteiger partial charge in [-0.05, 0) is 18.6 Å². The fraction of sp³-hybridized carbons (Fsp3) is 0.188. The van der Waals surface area contributed by atoms with Crippen LogP contribution in [0.5, 0.6) is 0 Å².